The predicted octanol–water partition coefficient (Wildman–Crippen LogP) is 1.16. The standard InChI is InChI=1S/C21H28N4O6S/c1-11(2)9-25-18(21(3,4)5)17(27)16(20(25)28)19-23-13-7-6-12(31-10-15(22)26)8-14(13)32(29,30)24-19/h6-8,11,16,18H,9-10H2,1-5H3,(H2,22,26)(H,23,24)/t16?,18-/m1/s1. The van der Waals surface area contributed by atoms with E-state index in [4.69, 9.17) is 10.5 Å². The number of ketones is 1. The summed E-state index contributed by atoms with van der Waals surface area (Å²) in [6.45, 7) is 9.46. The zero-order chi connectivity index (χ0) is 24.0. The average molecular weight is 465 g/mol. The predicted molar refractivity (Wildman–Crippen MR) is 118 cm³/mol. The van der Waals surface area contributed by atoms with E-state index in [1.165, 1.54) is 23.1 Å². The molecule has 2 aliphatic rings. The molecule has 174 valence electrons. The maximum atomic E-state index is 13.3. The van der Waals surface area contributed by atoms with Crippen molar-refractivity contribution in [3.8, 4) is 5.75 Å². The van der Waals surface area contributed by atoms with Crippen molar-refractivity contribution in [1.82, 2.24) is 4.90 Å². The van der Waals surface area contributed by atoms with Crippen molar-refractivity contribution in [3.63, 3.8) is 0 Å². The molecule has 2 amide bonds. The Kier molecular flexibility index (Phi) is 6.07. The number of carbonyl (C=O) groups excluding carboxylic acids is 3. The van der Waals surface area contributed by atoms with Gasteiger partial charge in [0.2, 0.25) is 5.91 Å². The first-order valence-corrected chi connectivity index (χ1v) is 11.7. The van der Waals surface area contributed by atoms with Crippen LogP contribution in [0.5, 0.6) is 5.75 Å². The number of Topliss-reactive ketones (excluding diaryl/α,β-unsaturated/α-hetero) is 1. The fraction of sp³-hybridized carbons (Fsp3) is 0.524. The number of hydrogen-bond acceptors (Lipinski definition) is 7. The van der Waals surface area contributed by atoms with Crippen LogP contribution in [0.1, 0.15) is 34.6 Å². The molecule has 1 fully saturated rings. The summed E-state index contributed by atoms with van der Waals surface area (Å²) >= 11 is 0. The number of sulfonamides is 1. The lowest BCUT2D eigenvalue weighted by Gasteiger charge is -2.34. The second-order valence-corrected chi connectivity index (χ2v) is 11.1. The molecule has 0 saturated carbocycles. The van der Waals surface area contributed by atoms with Gasteiger partial charge in [-0.05, 0) is 23.5 Å². The molecule has 3 rings (SSSR count). The summed E-state index contributed by atoms with van der Waals surface area (Å²) in [4.78, 5) is 38.9. The van der Waals surface area contributed by atoms with E-state index in [2.05, 4.69) is 9.71 Å². The largest absolute Gasteiger partial charge is 0.484 e. The zero-order valence-corrected chi connectivity index (χ0v) is 19.5. The van der Waals surface area contributed by atoms with Crippen LogP contribution in [0.25, 0.3) is 0 Å². The monoisotopic (exact) mass is 464 g/mol. The number of benzene rings is 1. The normalized spacial score (nSPS) is 22.4. The number of nitrogens with zero attached hydrogens (tertiary/aromatic N) is 2. The van der Waals surface area contributed by atoms with Gasteiger partial charge in [0.25, 0.3) is 15.9 Å². The van der Waals surface area contributed by atoms with Gasteiger partial charge in [-0.15, -0.1) is 4.40 Å². The first-order chi connectivity index (χ1) is 14.7. The molecule has 11 heteroatoms. The fourth-order valence-corrected chi connectivity index (χ4v) is 5.16. The van der Waals surface area contributed by atoms with Crippen molar-refractivity contribution in [1.29, 1.82) is 0 Å². The number of anilines is 1. The lowest BCUT2D eigenvalue weighted by atomic mass is 9.82. The number of primary amides is 1. The van der Waals surface area contributed by atoms with Gasteiger partial charge in [0, 0.05) is 12.6 Å². The summed E-state index contributed by atoms with van der Waals surface area (Å²) in [6, 6.07) is 3.40. The summed E-state index contributed by atoms with van der Waals surface area (Å²) in [5, 5.41) is 2.85. The Bertz CT molecular complexity index is 1100. The van der Waals surface area contributed by atoms with E-state index >= 15 is 0 Å². The Morgan fingerprint density at radius 1 is 1.28 bits per heavy atom. The van der Waals surface area contributed by atoms with Crippen molar-refractivity contribution in [2.24, 2.45) is 27.4 Å². The molecule has 1 unspecified atom stereocenters. The van der Waals surface area contributed by atoms with Gasteiger partial charge in [-0.3, -0.25) is 14.4 Å². The van der Waals surface area contributed by atoms with Gasteiger partial charge >= 0.3 is 0 Å². The Balaban J connectivity index is 1.98. The molecule has 32 heavy (non-hydrogen) atoms. The van der Waals surface area contributed by atoms with Crippen LogP contribution in [0.4, 0.5) is 5.69 Å². The Morgan fingerprint density at radius 2 is 1.94 bits per heavy atom. The summed E-state index contributed by atoms with van der Waals surface area (Å²) in [5.74, 6) is -2.84. The number of ether oxygens (including phenoxy) is 1. The molecule has 2 aliphatic heterocycles. The van der Waals surface area contributed by atoms with E-state index < -0.39 is 45.8 Å². The summed E-state index contributed by atoms with van der Waals surface area (Å²) in [6.07, 6.45) is 0. The fourth-order valence-electron chi connectivity index (χ4n) is 3.99. The van der Waals surface area contributed by atoms with Crippen LogP contribution >= 0.6 is 0 Å². The first-order valence-electron chi connectivity index (χ1n) is 10.2. The number of likely N-dealkylation sites (tertiary alicyclic amines) is 1. The molecule has 10 nitrogen and oxygen atoms in total. The Morgan fingerprint density at radius 3 is 2.50 bits per heavy atom. The van der Waals surface area contributed by atoms with Crippen LogP contribution in [0.15, 0.2) is 27.5 Å². The minimum Gasteiger partial charge on any atom is -0.484 e. The molecule has 2 atom stereocenters. The molecule has 1 saturated heterocycles. The Hall–Kier alpha value is -2.95. The van der Waals surface area contributed by atoms with Crippen LogP contribution in [0, 0.1) is 17.3 Å². The molecule has 0 aromatic heterocycles. The van der Waals surface area contributed by atoms with E-state index in [0.29, 0.717) is 6.54 Å². The third-order valence-corrected chi connectivity index (χ3v) is 6.48. The van der Waals surface area contributed by atoms with Gasteiger partial charge in [0.15, 0.2) is 18.3 Å². The molecule has 0 spiro atoms. The number of amidine groups is 1. The van der Waals surface area contributed by atoms with Gasteiger partial charge in [-0.25, -0.2) is 0 Å². The van der Waals surface area contributed by atoms with Gasteiger partial charge in [0.05, 0.1) is 11.7 Å². The van der Waals surface area contributed by atoms with E-state index in [-0.39, 0.29) is 33.9 Å². The number of fused-ring (bicyclic) bond motifs is 1. The summed E-state index contributed by atoms with van der Waals surface area (Å²) in [5.41, 5.74) is 4.68. The highest BCUT2D eigenvalue weighted by molar-refractivity contribution is 7.90. The summed E-state index contributed by atoms with van der Waals surface area (Å²) in [7, 11) is -4.22. The minimum absolute atomic E-state index is 0.121. The lowest BCUT2D eigenvalue weighted by molar-refractivity contribution is -0.132. The highest BCUT2D eigenvalue weighted by Crippen LogP contribution is 2.38. The second kappa shape index (κ2) is 8.19. The van der Waals surface area contributed by atoms with Crippen LogP contribution in [-0.2, 0) is 24.4 Å². The number of hydrogen-bond donors (Lipinski definition) is 2. The molecule has 1 aromatic carbocycles. The third kappa shape index (κ3) is 4.47. The van der Waals surface area contributed by atoms with E-state index in [1.807, 2.05) is 34.6 Å². The van der Waals surface area contributed by atoms with Gasteiger partial charge in [0.1, 0.15) is 16.5 Å². The number of carbonyl (C=O) groups is 3. The van der Waals surface area contributed by atoms with Crippen LogP contribution in [-0.4, -0.2) is 55.9 Å². The smallest absolute Gasteiger partial charge is 0.286 e. The number of nitrogens with two attached hydrogens (primary N) is 1. The highest BCUT2D eigenvalue weighted by Gasteiger charge is 2.54. The molecule has 0 bridgehead atoms. The van der Waals surface area contributed by atoms with Crippen molar-refractivity contribution < 1.29 is 27.5 Å². The number of rotatable bonds is 6. The second-order valence-electron chi connectivity index (χ2n) is 9.48. The topological polar surface area (TPSA) is 148 Å². The first kappa shape index (κ1) is 23.7. The van der Waals surface area contributed by atoms with Crippen molar-refractivity contribution in [2.45, 2.75) is 45.6 Å². The van der Waals surface area contributed by atoms with Crippen LogP contribution < -0.4 is 15.8 Å². The minimum atomic E-state index is -4.22. The zero-order valence-electron chi connectivity index (χ0n) is 18.7. The molecule has 2 heterocycles. The molecular weight excluding hydrogens is 436 g/mol. The van der Waals surface area contributed by atoms with Gasteiger partial charge < -0.3 is 20.7 Å². The van der Waals surface area contributed by atoms with E-state index in [9.17, 15) is 22.8 Å². The molecule has 1 aromatic rings. The molecule has 0 radical (unpaired) electrons. The van der Waals surface area contributed by atoms with Crippen molar-refractivity contribution in [3.05, 3.63) is 18.2 Å². The third-order valence-electron chi connectivity index (χ3n) is 5.14. The maximum absolute atomic E-state index is 13.3. The Labute approximate surface area is 187 Å². The highest BCUT2D eigenvalue weighted by atomic mass is 32.2. The summed E-state index contributed by atoms with van der Waals surface area (Å²) < 4.78 is 34.7. The van der Waals surface area contributed by atoms with Crippen molar-refractivity contribution in [2.75, 3.05) is 18.5 Å². The molecular formula is C21H28N4O6S. The SMILES string of the molecule is CC(C)CN1C(=O)C(C2=NS(=O)(=O)c3cc(OCC(N)=O)ccc3N2)C(=O)[C@@H]1C(C)(C)C. The van der Waals surface area contributed by atoms with Crippen LogP contribution in [0.2, 0.25) is 0 Å². The van der Waals surface area contributed by atoms with E-state index in [0.717, 1.165) is 0 Å². The molecule has 0 aliphatic carbocycles. The lowest BCUT2D eigenvalue weighted by Crippen LogP contribution is -2.46. The maximum Gasteiger partial charge on any atom is 0.286 e. The quantitative estimate of drug-likeness (QED) is 0.600. The van der Waals surface area contributed by atoms with E-state index in [1.54, 1.807) is 0 Å². The van der Waals surface area contributed by atoms with Crippen LogP contribution in [0.3, 0.4) is 0 Å². The average Bonchev–Trinajstić information content (AvgIpc) is 2.88. The molecule has 3 N–H and O–H groups in total. The number of amides is 2. The number of nitrogens with one attached hydrogen (secondary N) is 1. The van der Waals surface area contributed by atoms with Crippen molar-refractivity contribution >= 4 is 39.1 Å². The van der Waals surface area contributed by atoms with Gasteiger partial charge in [-0.2, -0.15) is 8.42 Å². The van der Waals surface area contributed by atoms with Gasteiger partial charge in [-0.1, -0.05) is 34.6 Å².